The number of nitrogens with zero attached hydrogens (tertiary/aromatic N) is 8. The van der Waals surface area contributed by atoms with Crippen LogP contribution in [0.5, 0.6) is 0 Å². The van der Waals surface area contributed by atoms with Crippen molar-refractivity contribution in [1.82, 2.24) is 59.8 Å². The van der Waals surface area contributed by atoms with E-state index < -0.39 is 125 Å². The van der Waals surface area contributed by atoms with E-state index in [9.17, 15) is 92.4 Å². The van der Waals surface area contributed by atoms with Gasteiger partial charge in [-0.2, -0.15) is 39.5 Å². The molecule has 0 atom stereocenters. The molecule has 0 bridgehead atoms. The van der Waals surface area contributed by atoms with Crippen molar-refractivity contribution in [2.75, 3.05) is 18.9 Å². The van der Waals surface area contributed by atoms with Gasteiger partial charge in [-0.3, -0.25) is 43.1 Å². The van der Waals surface area contributed by atoms with Gasteiger partial charge in [0.1, 0.15) is 45.4 Å². The highest BCUT2D eigenvalue weighted by Gasteiger charge is 2.38. The number of halogens is 16. The van der Waals surface area contributed by atoms with Crippen molar-refractivity contribution in [3.63, 3.8) is 0 Å². The van der Waals surface area contributed by atoms with Crippen LogP contribution in [-0.4, -0.2) is 117 Å². The van der Waals surface area contributed by atoms with Crippen molar-refractivity contribution >= 4 is 211 Å². The Labute approximate surface area is 750 Å². The Morgan fingerprint density at radius 2 is 0.625 bits per heavy atom. The number of alkyl halides is 9. The molecule has 0 spiro atoms. The average molecular weight is 1970 g/mol. The van der Waals surface area contributed by atoms with Gasteiger partial charge in [-0.25, -0.2) is 68.6 Å². The van der Waals surface area contributed by atoms with Crippen LogP contribution in [0.15, 0.2) is 246 Å². The number of benzene rings is 4. The van der Waals surface area contributed by atoms with Crippen molar-refractivity contribution in [2.45, 2.75) is 45.0 Å². The molecule has 16 rings (SSSR count). The summed E-state index contributed by atoms with van der Waals surface area (Å²) in [5.41, 5.74) is -2.87. The fraction of sp³-hybridized carbons (Fsp3) is 0.0500. The zero-order chi connectivity index (χ0) is 92.5. The van der Waals surface area contributed by atoms with Crippen molar-refractivity contribution in [2.24, 2.45) is 0 Å². The van der Waals surface area contributed by atoms with Gasteiger partial charge >= 0.3 is 18.5 Å². The van der Waals surface area contributed by atoms with E-state index in [4.69, 9.17) is 81.2 Å². The molecule has 0 amide bonds. The third-order valence-electron chi connectivity index (χ3n) is 18.0. The Bertz CT molecular complexity index is 7640. The fourth-order valence-corrected chi connectivity index (χ4v) is 17.7. The average Bonchev–Trinajstić information content (AvgIpc) is 1.37. The lowest BCUT2D eigenvalue weighted by atomic mass is 10.0. The third kappa shape index (κ3) is 20.8. The first-order valence-electron chi connectivity index (χ1n) is 35.5. The van der Waals surface area contributed by atoms with E-state index in [0.717, 1.165) is 54.7 Å². The molecular formula is C80H48Cl7F9N16O12S4. The number of pyridine rings is 8. The number of ketones is 4. The summed E-state index contributed by atoms with van der Waals surface area (Å²) in [7, 11) is -17.6. The Hall–Kier alpha value is -12.7. The molecule has 8 N–H and O–H groups in total. The van der Waals surface area contributed by atoms with Crippen LogP contribution in [0.3, 0.4) is 0 Å². The van der Waals surface area contributed by atoms with Crippen molar-refractivity contribution < 1.29 is 92.4 Å². The molecule has 16 aromatic rings. The number of nitrogens with one attached hydrogen (secondary N) is 8. The molecule has 0 aliphatic carbocycles. The van der Waals surface area contributed by atoms with Gasteiger partial charge in [0.25, 0.3) is 40.1 Å². The molecule has 0 saturated carbocycles. The second-order valence-corrected chi connectivity index (χ2v) is 36.2. The predicted molar refractivity (Wildman–Crippen MR) is 459 cm³/mol. The van der Waals surface area contributed by atoms with Gasteiger partial charge in [0, 0.05) is 118 Å². The Morgan fingerprint density at radius 1 is 0.312 bits per heavy atom. The molecule has 0 aliphatic rings. The molecule has 128 heavy (non-hydrogen) atoms. The Morgan fingerprint density at radius 3 is 0.969 bits per heavy atom. The van der Waals surface area contributed by atoms with Crippen molar-refractivity contribution in [1.29, 1.82) is 0 Å². The zero-order valence-electron chi connectivity index (χ0n) is 63.5. The molecule has 0 fully saturated rings. The molecular weight excluding hydrogens is 1920 g/mol. The van der Waals surface area contributed by atoms with E-state index in [2.05, 4.69) is 74.0 Å². The number of H-pyrrole nitrogens is 4. The SMILES string of the molecule is Cc1cnc(C(=O)c2ccnc3[nH]ccc23)c(NS(=O)(=O)c2ccc(Cl)c(C(F)(F)F)c2)c1.O=C(c1ncc(C(F)(F)F)cc1NS(=O)(=O)c1ccc(Cl)c(Cl)c1)c1ccnc2[nH]ccc12.O=C(c1ncc(Cl)cc1NS(=O)(=O)c1ccc(Cl)c(Cl)c1)c1ccnc2[nH]ccc12.O=C(c1ncc(Cl)cc1NS(=O)(=O)c1cccc(C(F)(F)F)c1)c1ccnc2[nH]ccc12. The first kappa shape index (κ1) is 93.0. The van der Waals surface area contributed by atoms with Gasteiger partial charge in [0.05, 0.1) is 94.2 Å². The van der Waals surface area contributed by atoms with Crippen LogP contribution in [0.25, 0.3) is 44.1 Å². The van der Waals surface area contributed by atoms with Crippen LogP contribution >= 0.6 is 81.2 Å². The lowest BCUT2D eigenvalue weighted by Crippen LogP contribution is -2.19. The van der Waals surface area contributed by atoms with E-state index in [1.54, 1.807) is 49.8 Å². The van der Waals surface area contributed by atoms with E-state index in [0.29, 0.717) is 79.7 Å². The van der Waals surface area contributed by atoms with Crippen molar-refractivity contribution in [3.8, 4) is 0 Å². The lowest BCUT2D eigenvalue weighted by Gasteiger charge is -2.15. The van der Waals surface area contributed by atoms with E-state index in [-0.39, 0.29) is 90.8 Å². The van der Waals surface area contributed by atoms with Crippen LogP contribution in [0.1, 0.15) is 86.5 Å². The highest BCUT2D eigenvalue weighted by molar-refractivity contribution is 7.93. The molecule has 12 heterocycles. The van der Waals surface area contributed by atoms with Gasteiger partial charge in [-0.05, 0) is 158 Å². The number of rotatable bonds is 20. The minimum Gasteiger partial charge on any atom is -0.346 e. The normalized spacial score (nSPS) is 12.0. The fourth-order valence-electron chi connectivity index (χ4n) is 12.1. The Balaban J connectivity index is 0.000000146. The number of fused-ring (bicyclic) bond motifs is 4. The maximum absolute atomic E-state index is 13.3. The zero-order valence-corrected chi connectivity index (χ0v) is 72.1. The number of sulfonamides is 4. The van der Waals surface area contributed by atoms with Gasteiger partial charge in [0.2, 0.25) is 23.1 Å². The van der Waals surface area contributed by atoms with Crippen LogP contribution in [0.4, 0.5) is 62.3 Å². The molecule has 0 radical (unpaired) electrons. The number of aromatic amines is 4. The Kier molecular flexibility index (Phi) is 26.8. The first-order chi connectivity index (χ1) is 60.3. The number of aromatic nitrogens is 12. The minimum atomic E-state index is -4.85. The summed E-state index contributed by atoms with van der Waals surface area (Å²) in [5, 5.41) is 1.79. The van der Waals surface area contributed by atoms with E-state index in [1.165, 1.54) is 104 Å². The molecule has 656 valence electrons. The molecule has 0 saturated heterocycles. The summed E-state index contributed by atoms with van der Waals surface area (Å²) in [6, 6.07) is 29.3. The monoisotopic (exact) mass is 1970 g/mol. The summed E-state index contributed by atoms with van der Waals surface area (Å²) in [6.07, 6.45) is 1.83. The largest absolute Gasteiger partial charge is 0.417 e. The van der Waals surface area contributed by atoms with Crippen molar-refractivity contribution in [3.05, 3.63) is 328 Å². The number of hydrogen-bond acceptors (Lipinski definition) is 20. The van der Waals surface area contributed by atoms with Gasteiger partial charge in [0.15, 0.2) is 0 Å². The number of aryl methyl sites for hydroxylation is 1. The molecule has 12 aromatic heterocycles. The smallest absolute Gasteiger partial charge is 0.346 e. The van der Waals surface area contributed by atoms with Gasteiger partial charge in [-0.15, -0.1) is 0 Å². The topological polar surface area (TPSA) is 419 Å². The summed E-state index contributed by atoms with van der Waals surface area (Å²) in [5.74, 6) is -2.52. The summed E-state index contributed by atoms with van der Waals surface area (Å²) >= 11 is 41.0. The van der Waals surface area contributed by atoms with Crippen LogP contribution in [0, 0.1) is 6.92 Å². The summed E-state index contributed by atoms with van der Waals surface area (Å²) < 4.78 is 230. The number of anilines is 4. The summed E-state index contributed by atoms with van der Waals surface area (Å²) in [4.78, 5) is 94.6. The summed E-state index contributed by atoms with van der Waals surface area (Å²) in [6.45, 7) is 1.62. The van der Waals surface area contributed by atoms with Crippen LogP contribution < -0.4 is 18.9 Å². The van der Waals surface area contributed by atoms with Crippen LogP contribution in [-0.2, 0) is 58.6 Å². The number of carbonyl (C=O) groups is 4. The maximum Gasteiger partial charge on any atom is 0.417 e. The quantitative estimate of drug-likeness (QED) is 0.0259. The maximum atomic E-state index is 13.3. The molecule has 48 heteroatoms. The lowest BCUT2D eigenvalue weighted by molar-refractivity contribution is -0.138. The highest BCUT2D eigenvalue weighted by Crippen LogP contribution is 2.40. The number of carbonyl (C=O) groups excluding carboxylic acids is 4. The molecule has 0 unspecified atom stereocenters. The predicted octanol–water partition coefficient (Wildman–Crippen LogP) is 19.9. The molecule has 0 aliphatic heterocycles. The molecule has 28 nitrogen and oxygen atoms in total. The van der Waals surface area contributed by atoms with E-state index in [1.807, 2.05) is 4.72 Å². The third-order valence-corrected chi connectivity index (χ3v) is 25.7. The second-order valence-electron chi connectivity index (χ2n) is 26.6. The second kappa shape index (κ2) is 37.0. The van der Waals surface area contributed by atoms with Crippen LogP contribution in [0.2, 0.25) is 35.2 Å². The van der Waals surface area contributed by atoms with Gasteiger partial charge in [-0.1, -0.05) is 87.3 Å². The minimum absolute atomic E-state index is 0.0183. The van der Waals surface area contributed by atoms with Gasteiger partial charge < -0.3 is 19.9 Å². The number of hydrogen-bond donors (Lipinski definition) is 8. The van der Waals surface area contributed by atoms with E-state index >= 15 is 0 Å². The first-order valence-corrected chi connectivity index (χ1v) is 44.1. The standard InChI is InChI=1S/C21H14ClF3N4O3S.C20H11Cl2F3N4O3S.C20H12ClF3N4O3S.C19H11Cl3N4O3S/c1-11-8-17(29-33(31,32)12-2-3-16(22)15(9-12)21(23,24)25)18(28-10-11)19(30)13-4-6-26-20-14(13)5-7-27-20;21-14-2-1-11(8-15(14)22)33(31,32)29-16-7-10(20(23,24)25)9-28-17(16)18(30)12-3-5-26-19-13(12)4-6-27-19;21-12-9-16(28-32(30,31)13-3-1-2-11(8-13)20(22,23)24)17(27-10-12)18(29)14-4-6-25-19-15(14)5-7-26-19;20-10-7-16(26-30(28,29)11-1-2-14(21)15(22)8-11)17(25-9-10)18(27)12-3-5-23-19-13(12)4-6-24-19/h2-10,29H,1H3,(H,26,27);1-9,29H,(H,26,27);1-10,28H,(H,25,26);1-9,26H,(H,23,24). The molecule has 4 aromatic carbocycles. The highest BCUT2D eigenvalue weighted by atomic mass is 35.5.